The second-order valence-electron chi connectivity index (χ2n) is 7.83. The molecule has 3 aliphatic rings. The largest absolute Gasteiger partial charge is 0.454 e. The Morgan fingerprint density at radius 3 is 2.81 bits per heavy atom. The van der Waals surface area contributed by atoms with E-state index < -0.39 is 0 Å². The minimum Gasteiger partial charge on any atom is -0.454 e. The van der Waals surface area contributed by atoms with Gasteiger partial charge in [0.15, 0.2) is 17.5 Å². The average molecular weight is 487 g/mol. The molecule has 0 bridgehead atoms. The number of guanidine groups is 1. The molecule has 0 radical (unpaired) electrons. The van der Waals surface area contributed by atoms with Crippen molar-refractivity contribution in [2.75, 3.05) is 39.6 Å². The molecule has 0 aromatic heterocycles. The molecule has 3 aliphatic heterocycles. The topological polar surface area (TPSA) is 69.3 Å². The molecule has 2 saturated heterocycles. The van der Waals surface area contributed by atoms with E-state index in [9.17, 15) is 0 Å². The predicted octanol–water partition coefficient (Wildman–Crippen LogP) is 3.13. The van der Waals surface area contributed by atoms with Gasteiger partial charge in [0.05, 0.1) is 6.54 Å². The van der Waals surface area contributed by atoms with Crippen molar-refractivity contribution >= 4 is 29.9 Å². The number of halogens is 1. The van der Waals surface area contributed by atoms with Gasteiger partial charge in [-0.1, -0.05) is 13.0 Å². The smallest absolute Gasteiger partial charge is 0.231 e. The molecule has 0 saturated carbocycles. The summed E-state index contributed by atoms with van der Waals surface area (Å²) in [6.45, 7) is 6.80. The Hall–Kier alpha value is -1.22. The van der Waals surface area contributed by atoms with Crippen molar-refractivity contribution in [2.24, 2.45) is 16.6 Å². The third kappa shape index (κ3) is 4.45. The van der Waals surface area contributed by atoms with Crippen LogP contribution >= 0.6 is 24.0 Å². The maximum Gasteiger partial charge on any atom is 0.231 e. The Morgan fingerprint density at radius 2 is 2.04 bits per heavy atom. The van der Waals surface area contributed by atoms with Gasteiger partial charge in [-0.05, 0) is 49.3 Å². The van der Waals surface area contributed by atoms with Crippen LogP contribution in [0.3, 0.4) is 0 Å². The van der Waals surface area contributed by atoms with Crippen molar-refractivity contribution < 1.29 is 14.2 Å². The lowest BCUT2D eigenvalue weighted by molar-refractivity contribution is 0.0529. The third-order valence-corrected chi connectivity index (χ3v) is 5.96. The Kier molecular flexibility index (Phi) is 6.73. The van der Waals surface area contributed by atoms with Gasteiger partial charge in [-0.25, -0.2) is 0 Å². The van der Waals surface area contributed by atoms with E-state index in [-0.39, 0.29) is 29.4 Å². The maximum absolute atomic E-state index is 6.35. The molecule has 0 spiro atoms. The third-order valence-electron chi connectivity index (χ3n) is 5.96. The standard InChI is InChI=1S/C20H29N3O3.HI/c1-15-3-2-8-23(12-15)19(21)22-13-20(6-9-24-10-7-20)16-4-5-17-18(11-16)26-14-25-17;/h4-5,11,15H,2-3,6-10,12-14H2,1H3,(H2,21,22);1H. The van der Waals surface area contributed by atoms with E-state index in [0.717, 1.165) is 50.6 Å². The second kappa shape index (κ2) is 8.86. The number of nitrogens with zero attached hydrogens (tertiary/aromatic N) is 2. The number of piperidine rings is 1. The van der Waals surface area contributed by atoms with Crippen LogP contribution in [0.4, 0.5) is 0 Å². The number of nitrogens with two attached hydrogens (primary N) is 1. The van der Waals surface area contributed by atoms with Crippen LogP contribution in [-0.2, 0) is 10.2 Å². The summed E-state index contributed by atoms with van der Waals surface area (Å²) in [6, 6.07) is 6.27. The van der Waals surface area contributed by atoms with E-state index in [1.807, 2.05) is 6.07 Å². The molecule has 7 heteroatoms. The summed E-state index contributed by atoms with van der Waals surface area (Å²) in [7, 11) is 0. The fraction of sp³-hybridized carbons (Fsp3) is 0.650. The zero-order chi connectivity index (χ0) is 18.0. The molecule has 150 valence electrons. The normalized spacial score (nSPS) is 24.4. The average Bonchev–Trinajstić information content (AvgIpc) is 3.15. The van der Waals surface area contributed by atoms with Gasteiger partial charge in [0.2, 0.25) is 6.79 Å². The molecule has 4 rings (SSSR count). The van der Waals surface area contributed by atoms with Gasteiger partial charge in [-0.15, -0.1) is 24.0 Å². The van der Waals surface area contributed by atoms with Crippen LogP contribution < -0.4 is 15.2 Å². The number of benzene rings is 1. The van der Waals surface area contributed by atoms with Crippen LogP contribution in [0.2, 0.25) is 0 Å². The van der Waals surface area contributed by atoms with Crippen LogP contribution in [0.5, 0.6) is 11.5 Å². The number of rotatable bonds is 3. The lowest BCUT2D eigenvalue weighted by atomic mass is 9.74. The summed E-state index contributed by atoms with van der Waals surface area (Å²) in [4.78, 5) is 7.08. The highest BCUT2D eigenvalue weighted by Gasteiger charge is 2.36. The minimum atomic E-state index is -0.0503. The molecule has 2 fully saturated rings. The Balaban J connectivity index is 0.00000210. The number of fused-ring (bicyclic) bond motifs is 1. The van der Waals surface area contributed by atoms with Crippen LogP contribution in [0.15, 0.2) is 23.2 Å². The van der Waals surface area contributed by atoms with E-state index >= 15 is 0 Å². The fourth-order valence-corrected chi connectivity index (χ4v) is 4.26. The van der Waals surface area contributed by atoms with Crippen molar-refractivity contribution in [3.05, 3.63) is 23.8 Å². The van der Waals surface area contributed by atoms with Crippen molar-refractivity contribution in [3.8, 4) is 11.5 Å². The maximum atomic E-state index is 6.35. The van der Waals surface area contributed by atoms with E-state index in [0.29, 0.717) is 25.2 Å². The van der Waals surface area contributed by atoms with Crippen LogP contribution in [0, 0.1) is 5.92 Å². The molecule has 6 nitrogen and oxygen atoms in total. The van der Waals surface area contributed by atoms with Gasteiger partial charge in [0.25, 0.3) is 0 Å². The number of ether oxygens (including phenoxy) is 3. The van der Waals surface area contributed by atoms with Gasteiger partial charge >= 0.3 is 0 Å². The number of hydrogen-bond acceptors (Lipinski definition) is 4. The van der Waals surface area contributed by atoms with Crippen molar-refractivity contribution in [1.29, 1.82) is 0 Å². The number of hydrogen-bond donors (Lipinski definition) is 1. The first-order chi connectivity index (χ1) is 12.7. The Labute approximate surface area is 178 Å². The molecule has 1 aromatic rings. The molecule has 0 aliphatic carbocycles. The highest BCUT2D eigenvalue weighted by atomic mass is 127. The molecular formula is C20H30IN3O3. The first-order valence-electron chi connectivity index (χ1n) is 9.69. The first-order valence-corrected chi connectivity index (χ1v) is 9.69. The Bertz CT molecular complexity index is 676. The second-order valence-corrected chi connectivity index (χ2v) is 7.83. The highest BCUT2D eigenvalue weighted by Crippen LogP contribution is 2.41. The summed E-state index contributed by atoms with van der Waals surface area (Å²) in [5.41, 5.74) is 7.55. The van der Waals surface area contributed by atoms with Crippen LogP contribution in [0.1, 0.15) is 38.2 Å². The zero-order valence-corrected chi connectivity index (χ0v) is 18.3. The Morgan fingerprint density at radius 1 is 1.26 bits per heavy atom. The van der Waals surface area contributed by atoms with E-state index in [4.69, 9.17) is 24.9 Å². The van der Waals surface area contributed by atoms with Gasteiger partial charge in [-0.2, -0.15) is 0 Å². The first kappa shape index (κ1) is 20.5. The lowest BCUT2D eigenvalue weighted by Crippen LogP contribution is -2.45. The predicted molar refractivity (Wildman–Crippen MR) is 116 cm³/mol. The zero-order valence-electron chi connectivity index (χ0n) is 16.0. The van der Waals surface area contributed by atoms with Gasteiger partial charge in [0.1, 0.15) is 0 Å². The molecular weight excluding hydrogens is 457 g/mol. The van der Waals surface area contributed by atoms with Crippen molar-refractivity contribution in [2.45, 2.75) is 38.0 Å². The molecule has 1 unspecified atom stereocenters. The molecule has 0 amide bonds. The molecule has 27 heavy (non-hydrogen) atoms. The van der Waals surface area contributed by atoms with Gasteiger partial charge in [-0.3, -0.25) is 4.99 Å². The van der Waals surface area contributed by atoms with Crippen LogP contribution in [0.25, 0.3) is 0 Å². The molecule has 1 atom stereocenters. The van der Waals surface area contributed by atoms with E-state index in [1.165, 1.54) is 18.4 Å². The number of likely N-dealkylation sites (tertiary alicyclic amines) is 1. The van der Waals surface area contributed by atoms with Crippen LogP contribution in [-0.4, -0.2) is 50.5 Å². The summed E-state index contributed by atoms with van der Waals surface area (Å²) >= 11 is 0. The van der Waals surface area contributed by atoms with Crippen molar-refractivity contribution in [3.63, 3.8) is 0 Å². The molecule has 1 aromatic carbocycles. The fourth-order valence-electron chi connectivity index (χ4n) is 4.26. The highest BCUT2D eigenvalue weighted by molar-refractivity contribution is 14.0. The van der Waals surface area contributed by atoms with Gasteiger partial charge < -0.3 is 24.8 Å². The lowest BCUT2D eigenvalue weighted by Gasteiger charge is -2.37. The summed E-state index contributed by atoms with van der Waals surface area (Å²) < 4.78 is 16.7. The van der Waals surface area contributed by atoms with Gasteiger partial charge in [0, 0.05) is 31.7 Å². The molecule has 3 heterocycles. The summed E-state index contributed by atoms with van der Waals surface area (Å²) in [5, 5.41) is 0. The molecule has 2 N–H and O–H groups in total. The summed E-state index contributed by atoms with van der Waals surface area (Å²) in [5.74, 6) is 3.02. The summed E-state index contributed by atoms with van der Waals surface area (Å²) in [6.07, 6.45) is 4.36. The van der Waals surface area contributed by atoms with E-state index in [1.54, 1.807) is 0 Å². The minimum absolute atomic E-state index is 0. The quantitative estimate of drug-likeness (QED) is 0.403. The van der Waals surface area contributed by atoms with E-state index in [2.05, 4.69) is 24.0 Å². The monoisotopic (exact) mass is 487 g/mol. The SMILES string of the molecule is CC1CCCN(C(N)=NCC2(c3ccc4c(c3)OCO4)CCOCC2)C1.I. The number of aliphatic imine (C=N–C) groups is 1. The van der Waals surface area contributed by atoms with Crippen molar-refractivity contribution in [1.82, 2.24) is 4.90 Å².